The van der Waals surface area contributed by atoms with Gasteiger partial charge in [0.15, 0.2) is 0 Å². The second kappa shape index (κ2) is 10.3. The van der Waals surface area contributed by atoms with Gasteiger partial charge in [-0.15, -0.1) is 5.10 Å². The number of benzene rings is 2. The number of amides is 2. The van der Waals surface area contributed by atoms with Crippen molar-refractivity contribution < 1.29 is 19.0 Å². The summed E-state index contributed by atoms with van der Waals surface area (Å²) < 4.78 is 21.6. The topological polar surface area (TPSA) is 101 Å². The Hall–Kier alpha value is -3.30. The summed E-state index contributed by atoms with van der Waals surface area (Å²) in [7, 11) is 0. The Bertz CT molecular complexity index is 1030. The number of aryl methyl sites for hydroxylation is 1. The van der Waals surface area contributed by atoms with Crippen LogP contribution in [0.4, 0.5) is 14.9 Å². The standard InChI is InChI=1S/C23H26FN5O3/c24-19-9-5-4-8-18(19)21-14-29(28-27-21)13-12-17-10-11-20(22(15-30)32-17)26-23(31)25-16-6-2-1-3-7-16/h1-9,14,17,20,22,30H,10-13,15H2,(H2,25,26,31)/t17-,20-,22+/m0/s1. The third-order valence-electron chi connectivity index (χ3n) is 5.51. The number of hydrogen-bond acceptors (Lipinski definition) is 5. The number of aliphatic hydroxyl groups is 1. The molecular formula is C23H26FN5O3. The van der Waals surface area contributed by atoms with Crippen LogP contribution in [0.2, 0.25) is 0 Å². The molecule has 0 unspecified atom stereocenters. The molecule has 4 rings (SSSR count). The molecule has 2 aromatic carbocycles. The van der Waals surface area contributed by atoms with E-state index in [-0.39, 0.29) is 30.6 Å². The summed E-state index contributed by atoms with van der Waals surface area (Å²) in [6.45, 7) is 0.365. The molecule has 9 heteroatoms. The van der Waals surface area contributed by atoms with Crippen molar-refractivity contribution in [2.45, 2.75) is 44.1 Å². The van der Waals surface area contributed by atoms with Crippen LogP contribution in [0.3, 0.4) is 0 Å². The number of ether oxygens (including phenoxy) is 1. The van der Waals surface area contributed by atoms with Gasteiger partial charge in [0, 0.05) is 17.8 Å². The number of carbonyl (C=O) groups is 1. The number of carbonyl (C=O) groups excluding carboxylic acids is 1. The Balaban J connectivity index is 1.27. The Morgan fingerprint density at radius 2 is 1.94 bits per heavy atom. The largest absolute Gasteiger partial charge is 0.394 e. The predicted octanol–water partition coefficient (Wildman–Crippen LogP) is 3.20. The van der Waals surface area contributed by atoms with Gasteiger partial charge in [-0.2, -0.15) is 0 Å². The molecule has 3 N–H and O–H groups in total. The quantitative estimate of drug-likeness (QED) is 0.525. The first-order valence-corrected chi connectivity index (χ1v) is 10.7. The molecule has 2 heterocycles. The zero-order chi connectivity index (χ0) is 22.3. The molecule has 1 fully saturated rings. The monoisotopic (exact) mass is 439 g/mol. The normalized spacial score (nSPS) is 20.6. The highest BCUT2D eigenvalue weighted by atomic mass is 19.1. The second-order valence-corrected chi connectivity index (χ2v) is 7.76. The maximum Gasteiger partial charge on any atom is 0.319 e. The number of hydrogen-bond donors (Lipinski definition) is 3. The van der Waals surface area contributed by atoms with Gasteiger partial charge in [0.2, 0.25) is 0 Å². The zero-order valence-electron chi connectivity index (χ0n) is 17.5. The lowest BCUT2D eigenvalue weighted by atomic mass is 9.97. The van der Waals surface area contributed by atoms with Gasteiger partial charge in [0.1, 0.15) is 17.6 Å². The maximum atomic E-state index is 13.9. The first kappa shape index (κ1) is 21.9. The predicted molar refractivity (Wildman–Crippen MR) is 117 cm³/mol. The van der Waals surface area contributed by atoms with Crippen LogP contribution in [-0.2, 0) is 11.3 Å². The number of anilines is 1. The highest BCUT2D eigenvalue weighted by Gasteiger charge is 2.31. The fourth-order valence-corrected chi connectivity index (χ4v) is 3.84. The third kappa shape index (κ3) is 5.49. The average molecular weight is 439 g/mol. The summed E-state index contributed by atoms with van der Waals surface area (Å²) in [5.74, 6) is -0.337. The van der Waals surface area contributed by atoms with E-state index in [2.05, 4.69) is 20.9 Å². The summed E-state index contributed by atoms with van der Waals surface area (Å²) in [4.78, 5) is 12.3. The summed E-state index contributed by atoms with van der Waals surface area (Å²) in [5.41, 5.74) is 1.59. The molecule has 168 valence electrons. The van der Waals surface area contributed by atoms with E-state index < -0.39 is 6.10 Å². The van der Waals surface area contributed by atoms with Crippen LogP contribution in [0, 0.1) is 5.82 Å². The minimum absolute atomic E-state index is 0.0801. The van der Waals surface area contributed by atoms with E-state index >= 15 is 0 Å². The Morgan fingerprint density at radius 3 is 2.72 bits per heavy atom. The molecule has 0 bridgehead atoms. The number of urea groups is 1. The number of nitrogens with zero attached hydrogens (tertiary/aromatic N) is 3. The summed E-state index contributed by atoms with van der Waals surface area (Å²) in [6.07, 6.45) is 3.24. The highest BCUT2D eigenvalue weighted by Crippen LogP contribution is 2.23. The van der Waals surface area contributed by atoms with Crippen molar-refractivity contribution in [3.05, 3.63) is 66.6 Å². The van der Waals surface area contributed by atoms with Crippen LogP contribution in [0.15, 0.2) is 60.8 Å². The Morgan fingerprint density at radius 1 is 1.16 bits per heavy atom. The fourth-order valence-electron chi connectivity index (χ4n) is 3.84. The molecule has 1 aliphatic heterocycles. The molecular weight excluding hydrogens is 413 g/mol. The maximum absolute atomic E-state index is 13.9. The SMILES string of the molecule is O=C(Nc1ccccc1)N[C@H]1CC[C@@H](CCn2cc(-c3ccccc3F)nn2)O[C@@H]1CO. The van der Waals surface area contributed by atoms with E-state index in [4.69, 9.17) is 4.74 Å². The lowest BCUT2D eigenvalue weighted by molar-refractivity contribution is -0.0905. The van der Waals surface area contributed by atoms with Crippen LogP contribution in [-0.4, -0.2) is 51.0 Å². The first-order chi connectivity index (χ1) is 15.6. The van der Waals surface area contributed by atoms with E-state index in [9.17, 15) is 14.3 Å². The number of halogens is 1. The molecule has 8 nitrogen and oxygen atoms in total. The minimum Gasteiger partial charge on any atom is -0.394 e. The van der Waals surface area contributed by atoms with Gasteiger partial charge in [-0.1, -0.05) is 35.5 Å². The molecule has 32 heavy (non-hydrogen) atoms. The van der Waals surface area contributed by atoms with Gasteiger partial charge >= 0.3 is 6.03 Å². The first-order valence-electron chi connectivity index (χ1n) is 10.7. The molecule has 2 amide bonds. The average Bonchev–Trinajstić information content (AvgIpc) is 3.28. The number of aromatic nitrogens is 3. The van der Waals surface area contributed by atoms with Crippen LogP contribution in [0.1, 0.15) is 19.3 Å². The highest BCUT2D eigenvalue weighted by molar-refractivity contribution is 5.89. The second-order valence-electron chi connectivity index (χ2n) is 7.76. The van der Waals surface area contributed by atoms with Crippen LogP contribution < -0.4 is 10.6 Å². The van der Waals surface area contributed by atoms with Crippen molar-refractivity contribution >= 4 is 11.7 Å². The number of para-hydroxylation sites is 1. The Labute approximate surface area is 185 Å². The molecule has 0 spiro atoms. The minimum atomic E-state index is -0.486. The lowest BCUT2D eigenvalue weighted by Crippen LogP contribution is -2.52. The molecule has 1 saturated heterocycles. The zero-order valence-corrected chi connectivity index (χ0v) is 17.5. The molecule has 3 aromatic rings. The molecule has 0 aliphatic carbocycles. The van der Waals surface area contributed by atoms with Gasteiger partial charge < -0.3 is 20.5 Å². The summed E-state index contributed by atoms with van der Waals surface area (Å²) >= 11 is 0. The number of aliphatic hydroxyl groups excluding tert-OH is 1. The van der Waals surface area contributed by atoms with Gasteiger partial charge in [0.05, 0.1) is 24.9 Å². The van der Waals surface area contributed by atoms with Gasteiger partial charge in [-0.05, 0) is 43.5 Å². The van der Waals surface area contributed by atoms with E-state index in [1.807, 2.05) is 18.2 Å². The van der Waals surface area contributed by atoms with Crippen LogP contribution in [0.25, 0.3) is 11.3 Å². The van der Waals surface area contributed by atoms with Crippen molar-refractivity contribution in [2.75, 3.05) is 11.9 Å². The van der Waals surface area contributed by atoms with Gasteiger partial charge in [-0.3, -0.25) is 4.68 Å². The molecule has 1 aromatic heterocycles. The van der Waals surface area contributed by atoms with E-state index in [0.29, 0.717) is 36.3 Å². The smallest absolute Gasteiger partial charge is 0.319 e. The third-order valence-corrected chi connectivity index (χ3v) is 5.51. The lowest BCUT2D eigenvalue weighted by Gasteiger charge is -2.36. The van der Waals surface area contributed by atoms with E-state index in [1.54, 1.807) is 41.2 Å². The van der Waals surface area contributed by atoms with Crippen LogP contribution in [0.5, 0.6) is 0 Å². The van der Waals surface area contributed by atoms with Crippen molar-refractivity contribution in [2.24, 2.45) is 0 Å². The number of rotatable bonds is 7. The molecule has 0 saturated carbocycles. The van der Waals surface area contributed by atoms with Gasteiger partial charge in [-0.25, -0.2) is 9.18 Å². The van der Waals surface area contributed by atoms with Crippen molar-refractivity contribution in [3.63, 3.8) is 0 Å². The fraction of sp³-hybridized carbons (Fsp3) is 0.348. The van der Waals surface area contributed by atoms with Crippen molar-refractivity contribution in [3.8, 4) is 11.3 Å². The molecule has 1 aliphatic rings. The van der Waals surface area contributed by atoms with Crippen molar-refractivity contribution in [1.29, 1.82) is 0 Å². The molecule has 3 atom stereocenters. The van der Waals surface area contributed by atoms with E-state index in [1.165, 1.54) is 6.07 Å². The summed E-state index contributed by atoms with van der Waals surface area (Å²) in [5, 5.41) is 23.6. The van der Waals surface area contributed by atoms with Gasteiger partial charge in [0.25, 0.3) is 0 Å². The van der Waals surface area contributed by atoms with Crippen LogP contribution >= 0.6 is 0 Å². The van der Waals surface area contributed by atoms with E-state index in [0.717, 1.165) is 6.42 Å². The number of nitrogens with one attached hydrogen (secondary N) is 2. The molecule has 0 radical (unpaired) electrons. The Kier molecular flexibility index (Phi) is 7.08. The van der Waals surface area contributed by atoms with Crippen molar-refractivity contribution in [1.82, 2.24) is 20.3 Å². The summed E-state index contributed by atoms with van der Waals surface area (Å²) in [6, 6.07) is 15.0.